The van der Waals surface area contributed by atoms with E-state index in [0.717, 1.165) is 6.08 Å². The van der Waals surface area contributed by atoms with Crippen LogP contribution in [-0.4, -0.2) is 59.5 Å². The lowest BCUT2D eigenvalue weighted by molar-refractivity contribution is -0.137. The zero-order valence-electron chi connectivity index (χ0n) is 23.4. The molecule has 1 heterocycles. The normalized spacial score (nSPS) is 13.3. The van der Waals surface area contributed by atoms with Crippen molar-refractivity contribution in [1.82, 2.24) is 21.1 Å². The molecule has 5 N–H and O–H groups in total. The van der Waals surface area contributed by atoms with E-state index in [4.69, 9.17) is 15.0 Å². The van der Waals surface area contributed by atoms with Crippen molar-refractivity contribution in [2.75, 3.05) is 6.61 Å². The van der Waals surface area contributed by atoms with Gasteiger partial charge in [-0.25, -0.2) is 9.18 Å². The monoisotopic (exact) mass is 573 g/mol. The molecule has 1 aromatic carbocycles. The average molecular weight is 574 g/mol. The number of nitrogens with two attached hydrogens (primary N) is 1. The number of rotatable bonds is 15. The molecule has 222 valence electrons. The molecule has 1 aromatic heterocycles. The predicted molar refractivity (Wildman–Crippen MR) is 145 cm³/mol. The van der Waals surface area contributed by atoms with Crippen LogP contribution in [0.1, 0.15) is 55.4 Å². The second-order valence-electron chi connectivity index (χ2n) is 9.64. The molecule has 2 aromatic rings. The van der Waals surface area contributed by atoms with Gasteiger partial charge in [0.2, 0.25) is 17.7 Å². The van der Waals surface area contributed by atoms with Crippen LogP contribution >= 0.6 is 0 Å². The van der Waals surface area contributed by atoms with Crippen molar-refractivity contribution in [1.29, 1.82) is 0 Å². The van der Waals surface area contributed by atoms with Crippen molar-refractivity contribution in [2.24, 2.45) is 11.7 Å². The number of benzene rings is 1. The highest BCUT2D eigenvalue weighted by Gasteiger charge is 2.30. The van der Waals surface area contributed by atoms with E-state index in [1.54, 1.807) is 27.7 Å². The van der Waals surface area contributed by atoms with Crippen molar-refractivity contribution in [3.63, 3.8) is 0 Å². The molecule has 4 amide bonds. The van der Waals surface area contributed by atoms with Gasteiger partial charge in [-0.15, -0.1) is 0 Å². The summed E-state index contributed by atoms with van der Waals surface area (Å²) in [6, 6.07) is 3.80. The SMILES string of the molecule is CCOC(=O)C=CC(CCC(N)=O)NC(=O)C(Cc1ccc(F)cc1)NC(=O)C(NC(=O)c1cc(C)on1)C(C)C. The Balaban J connectivity index is 2.28. The third kappa shape index (κ3) is 11.2. The van der Waals surface area contributed by atoms with Gasteiger partial charge in [0.25, 0.3) is 5.91 Å². The Labute approximate surface area is 237 Å². The minimum atomic E-state index is -1.17. The zero-order chi connectivity index (χ0) is 30.5. The minimum absolute atomic E-state index is 0.00719. The van der Waals surface area contributed by atoms with Crippen LogP contribution < -0.4 is 21.7 Å². The molecule has 0 saturated carbocycles. The Morgan fingerprint density at radius 1 is 1.07 bits per heavy atom. The first-order chi connectivity index (χ1) is 19.4. The van der Waals surface area contributed by atoms with Crippen molar-refractivity contribution in [3.05, 3.63) is 65.3 Å². The first-order valence-corrected chi connectivity index (χ1v) is 13.1. The predicted octanol–water partition coefficient (Wildman–Crippen LogP) is 1.47. The largest absolute Gasteiger partial charge is 0.463 e. The van der Waals surface area contributed by atoms with Gasteiger partial charge >= 0.3 is 5.97 Å². The van der Waals surface area contributed by atoms with Crippen LogP contribution in [0.25, 0.3) is 0 Å². The van der Waals surface area contributed by atoms with Gasteiger partial charge in [-0.2, -0.15) is 0 Å². The maximum absolute atomic E-state index is 13.5. The molecule has 0 aliphatic rings. The lowest BCUT2D eigenvalue weighted by atomic mass is 10.00. The summed E-state index contributed by atoms with van der Waals surface area (Å²) in [7, 11) is 0. The third-order valence-electron chi connectivity index (χ3n) is 5.86. The molecule has 3 atom stereocenters. The van der Waals surface area contributed by atoms with E-state index in [1.165, 1.54) is 36.4 Å². The highest BCUT2D eigenvalue weighted by atomic mass is 19.1. The summed E-state index contributed by atoms with van der Waals surface area (Å²) in [4.78, 5) is 62.6. The summed E-state index contributed by atoms with van der Waals surface area (Å²) in [6.45, 7) is 6.84. The molecule has 0 aliphatic heterocycles. The number of ether oxygens (including phenoxy) is 1. The van der Waals surface area contributed by atoms with Gasteiger partial charge in [-0.05, 0) is 43.9 Å². The summed E-state index contributed by atoms with van der Waals surface area (Å²) >= 11 is 0. The molecule has 3 unspecified atom stereocenters. The maximum Gasteiger partial charge on any atom is 0.330 e. The van der Waals surface area contributed by atoms with Crippen LogP contribution in [0.4, 0.5) is 4.39 Å². The van der Waals surface area contributed by atoms with Gasteiger partial charge in [0.05, 0.1) is 6.61 Å². The fourth-order valence-corrected chi connectivity index (χ4v) is 3.73. The Kier molecular flexibility index (Phi) is 12.7. The molecule has 0 aliphatic carbocycles. The number of nitrogens with zero attached hydrogens (tertiary/aromatic N) is 1. The Morgan fingerprint density at radius 2 is 1.76 bits per heavy atom. The number of carbonyl (C=O) groups is 5. The zero-order valence-corrected chi connectivity index (χ0v) is 23.4. The molecule has 12 nitrogen and oxygen atoms in total. The smallest absolute Gasteiger partial charge is 0.330 e. The van der Waals surface area contributed by atoms with Crippen LogP contribution in [-0.2, 0) is 30.3 Å². The van der Waals surface area contributed by atoms with E-state index in [-0.39, 0.29) is 37.5 Å². The molecule has 0 fully saturated rings. The third-order valence-corrected chi connectivity index (χ3v) is 5.86. The van der Waals surface area contributed by atoms with Crippen molar-refractivity contribution >= 4 is 29.6 Å². The standard InChI is InChI=1S/C28H36FN5O7/c1-5-40-24(36)13-11-20(10-12-23(30)35)31-26(37)21(15-18-6-8-19(29)9-7-18)32-28(39)25(16(2)3)33-27(38)22-14-17(4)41-34-22/h6-9,11,13-14,16,20-21,25H,5,10,12,15H2,1-4H3,(H2,30,35)(H,31,37)(H,32,39)(H,33,38). The van der Waals surface area contributed by atoms with E-state index in [0.29, 0.717) is 11.3 Å². The van der Waals surface area contributed by atoms with Gasteiger partial charge in [-0.3, -0.25) is 19.2 Å². The number of esters is 1. The van der Waals surface area contributed by atoms with Crippen LogP contribution in [0.5, 0.6) is 0 Å². The molecule has 13 heteroatoms. The number of nitrogens with one attached hydrogen (secondary N) is 3. The molecule has 0 radical (unpaired) electrons. The van der Waals surface area contributed by atoms with E-state index < -0.39 is 53.5 Å². The number of hydrogen-bond acceptors (Lipinski definition) is 8. The van der Waals surface area contributed by atoms with Crippen molar-refractivity contribution in [3.8, 4) is 0 Å². The minimum Gasteiger partial charge on any atom is -0.463 e. The fraction of sp³-hybridized carbons (Fsp3) is 0.429. The first kappa shape index (κ1) is 32.7. The summed E-state index contributed by atoms with van der Waals surface area (Å²) in [5, 5.41) is 11.6. The average Bonchev–Trinajstić information content (AvgIpc) is 3.35. The Hall–Kier alpha value is -4.55. The number of amides is 4. The number of halogens is 1. The van der Waals surface area contributed by atoms with E-state index in [2.05, 4.69) is 21.1 Å². The van der Waals surface area contributed by atoms with E-state index in [1.807, 2.05) is 0 Å². The molecule has 0 bridgehead atoms. The molecule has 0 saturated heterocycles. The highest BCUT2D eigenvalue weighted by Crippen LogP contribution is 2.11. The summed E-state index contributed by atoms with van der Waals surface area (Å²) in [5.41, 5.74) is 5.80. The Bertz CT molecular complexity index is 1240. The summed E-state index contributed by atoms with van der Waals surface area (Å²) in [5.74, 6) is -3.61. The van der Waals surface area contributed by atoms with Gasteiger partial charge < -0.3 is 30.9 Å². The van der Waals surface area contributed by atoms with E-state index in [9.17, 15) is 28.4 Å². The molecule has 0 spiro atoms. The quantitative estimate of drug-likeness (QED) is 0.182. The van der Waals surface area contributed by atoms with Gasteiger partial charge in [-0.1, -0.05) is 37.2 Å². The maximum atomic E-state index is 13.5. The topological polar surface area (TPSA) is 183 Å². The number of aryl methyl sites for hydroxylation is 1. The number of carbonyl (C=O) groups excluding carboxylic acids is 5. The second kappa shape index (κ2) is 15.9. The van der Waals surface area contributed by atoms with Crippen LogP contribution in [0.3, 0.4) is 0 Å². The number of hydrogen-bond donors (Lipinski definition) is 4. The summed E-state index contributed by atoms with van der Waals surface area (Å²) < 4.78 is 23.3. The van der Waals surface area contributed by atoms with Gasteiger partial charge in [0.1, 0.15) is 23.7 Å². The highest BCUT2D eigenvalue weighted by molar-refractivity contribution is 5.97. The number of aromatic nitrogens is 1. The Morgan fingerprint density at radius 3 is 2.32 bits per heavy atom. The summed E-state index contributed by atoms with van der Waals surface area (Å²) in [6.07, 6.45) is 2.46. The van der Waals surface area contributed by atoms with Crippen LogP contribution in [0.2, 0.25) is 0 Å². The fourth-order valence-electron chi connectivity index (χ4n) is 3.73. The molecular formula is C28H36FN5O7. The second-order valence-corrected chi connectivity index (χ2v) is 9.64. The van der Waals surface area contributed by atoms with Gasteiger partial charge in [0.15, 0.2) is 5.69 Å². The molecule has 41 heavy (non-hydrogen) atoms. The van der Waals surface area contributed by atoms with Crippen LogP contribution in [0.15, 0.2) is 47.0 Å². The van der Waals surface area contributed by atoms with Crippen molar-refractivity contribution in [2.45, 2.75) is 65.1 Å². The first-order valence-electron chi connectivity index (χ1n) is 13.1. The lowest BCUT2D eigenvalue weighted by Gasteiger charge is -2.26. The van der Waals surface area contributed by atoms with Gasteiger partial charge in [0, 0.05) is 31.0 Å². The molecular weight excluding hydrogens is 537 g/mol. The van der Waals surface area contributed by atoms with E-state index >= 15 is 0 Å². The number of primary amides is 1. The van der Waals surface area contributed by atoms with Crippen LogP contribution in [0, 0.1) is 18.7 Å². The molecule has 2 rings (SSSR count). The lowest BCUT2D eigenvalue weighted by Crippen LogP contribution is -2.56. The van der Waals surface area contributed by atoms with Crippen molar-refractivity contribution < 1.29 is 37.6 Å².